The van der Waals surface area contributed by atoms with Crippen LogP contribution < -0.4 is 0 Å². The third-order valence-electron chi connectivity index (χ3n) is 1.42. The molecule has 0 aliphatic rings. The lowest BCUT2D eigenvalue weighted by Crippen LogP contribution is -1.87. The van der Waals surface area contributed by atoms with E-state index >= 15 is 0 Å². The van der Waals surface area contributed by atoms with Gasteiger partial charge in [-0.05, 0) is 34.7 Å². The first-order valence-corrected chi connectivity index (χ1v) is 4.51. The highest BCUT2D eigenvalue weighted by Crippen LogP contribution is 2.13. The molecule has 0 aromatic carbocycles. The minimum absolute atomic E-state index is 0.659. The van der Waals surface area contributed by atoms with Crippen LogP contribution in [0.1, 0.15) is 0 Å². The topological polar surface area (TPSA) is 17.3 Å². The molecular weight excluding hydrogens is 274 g/mol. The van der Waals surface area contributed by atoms with Gasteiger partial charge in [0.25, 0.3) is 0 Å². The van der Waals surface area contributed by atoms with Gasteiger partial charge in [0.05, 0.1) is 8.72 Å². The van der Waals surface area contributed by atoms with Crippen molar-refractivity contribution in [3.63, 3.8) is 0 Å². The zero-order valence-corrected chi connectivity index (χ0v) is 8.37. The maximum absolute atomic E-state index is 5.76. The van der Waals surface area contributed by atoms with Crippen molar-refractivity contribution in [3.8, 4) is 0 Å². The molecule has 0 N–H and O–H groups in total. The van der Waals surface area contributed by atoms with Gasteiger partial charge in [-0.25, -0.2) is 4.98 Å². The number of hydrogen-bond donors (Lipinski definition) is 0. The number of aromatic nitrogens is 2. The Kier molecular flexibility index (Phi) is 1.77. The molecule has 0 fully saturated rings. The van der Waals surface area contributed by atoms with E-state index in [1.54, 1.807) is 6.20 Å². The summed E-state index contributed by atoms with van der Waals surface area (Å²) >= 11 is 8.00. The maximum Gasteiger partial charge on any atom is 0.137 e. The Morgan fingerprint density at radius 3 is 3.09 bits per heavy atom. The summed E-state index contributed by atoms with van der Waals surface area (Å²) in [6.45, 7) is 0. The number of hydrogen-bond acceptors (Lipinski definition) is 1. The third-order valence-corrected chi connectivity index (χ3v) is 2.49. The first-order chi connectivity index (χ1) is 5.27. The normalized spacial score (nSPS) is 10.7. The Bertz CT molecular complexity index is 396. The van der Waals surface area contributed by atoms with Crippen molar-refractivity contribution in [2.75, 3.05) is 0 Å². The monoisotopic (exact) mass is 278 g/mol. The highest BCUT2D eigenvalue weighted by molar-refractivity contribution is 14.1. The summed E-state index contributed by atoms with van der Waals surface area (Å²) in [6.07, 6.45) is 3.50. The van der Waals surface area contributed by atoms with Crippen molar-refractivity contribution in [3.05, 3.63) is 33.2 Å². The molecule has 2 aromatic heterocycles. The van der Waals surface area contributed by atoms with Crippen LogP contribution in [0.3, 0.4) is 0 Å². The van der Waals surface area contributed by atoms with E-state index in [0.29, 0.717) is 5.02 Å². The molecule has 0 aliphatic heterocycles. The Morgan fingerprint density at radius 1 is 1.45 bits per heavy atom. The molecule has 0 bridgehead atoms. The molecule has 0 aliphatic carbocycles. The van der Waals surface area contributed by atoms with E-state index in [-0.39, 0.29) is 0 Å². The molecule has 56 valence electrons. The van der Waals surface area contributed by atoms with Crippen LogP contribution in [0.2, 0.25) is 5.02 Å². The second kappa shape index (κ2) is 2.64. The van der Waals surface area contributed by atoms with Gasteiger partial charge in [-0.1, -0.05) is 11.6 Å². The average Bonchev–Trinajstić information content (AvgIpc) is 2.33. The van der Waals surface area contributed by atoms with Crippen molar-refractivity contribution >= 4 is 39.8 Å². The van der Waals surface area contributed by atoms with Crippen LogP contribution in [0.5, 0.6) is 0 Å². The van der Waals surface area contributed by atoms with E-state index in [4.69, 9.17) is 11.6 Å². The summed E-state index contributed by atoms with van der Waals surface area (Å²) in [7, 11) is 0. The molecule has 0 saturated carbocycles. The van der Waals surface area contributed by atoms with Gasteiger partial charge < -0.3 is 0 Å². The Morgan fingerprint density at radius 2 is 2.27 bits per heavy atom. The molecule has 2 aromatic rings. The molecule has 2 rings (SSSR count). The largest absolute Gasteiger partial charge is 0.295 e. The number of halogens is 2. The van der Waals surface area contributed by atoms with Crippen molar-refractivity contribution in [2.24, 2.45) is 0 Å². The summed E-state index contributed by atoms with van der Waals surface area (Å²) in [5.41, 5.74) is 0.929. The molecule has 11 heavy (non-hydrogen) atoms. The highest BCUT2D eigenvalue weighted by Gasteiger charge is 1.98. The van der Waals surface area contributed by atoms with Crippen LogP contribution >= 0.6 is 34.2 Å². The first kappa shape index (κ1) is 7.36. The second-order valence-electron chi connectivity index (χ2n) is 2.16. The molecule has 0 saturated heterocycles. The average molecular weight is 278 g/mol. The van der Waals surface area contributed by atoms with E-state index in [9.17, 15) is 0 Å². The molecule has 2 nitrogen and oxygen atoms in total. The van der Waals surface area contributed by atoms with Crippen LogP contribution in [0.4, 0.5) is 0 Å². The van der Waals surface area contributed by atoms with Crippen LogP contribution in [0, 0.1) is 3.70 Å². The van der Waals surface area contributed by atoms with Crippen LogP contribution in [0.15, 0.2) is 24.5 Å². The van der Waals surface area contributed by atoms with Crippen LogP contribution in [-0.2, 0) is 0 Å². The number of fused-ring (bicyclic) bond motifs is 1. The fourth-order valence-corrected chi connectivity index (χ4v) is 1.64. The van der Waals surface area contributed by atoms with Crippen LogP contribution in [-0.4, -0.2) is 9.38 Å². The Hall–Kier alpha value is -0.290. The minimum atomic E-state index is 0.659. The van der Waals surface area contributed by atoms with Crippen molar-refractivity contribution in [1.82, 2.24) is 9.38 Å². The van der Waals surface area contributed by atoms with Gasteiger partial charge in [-0.15, -0.1) is 0 Å². The summed E-state index contributed by atoms with van der Waals surface area (Å²) in [5.74, 6) is 0. The van der Waals surface area contributed by atoms with E-state index in [0.717, 1.165) is 9.35 Å². The van der Waals surface area contributed by atoms with E-state index in [1.165, 1.54) is 0 Å². The Balaban J connectivity index is 2.87. The standard InChI is InChI=1S/C7H4ClIN2/c8-5-3-10-7-2-1-6(9)11(7)4-5/h1-4H. The van der Waals surface area contributed by atoms with Gasteiger partial charge in [-0.2, -0.15) is 0 Å². The molecule has 0 unspecified atom stereocenters. The summed E-state index contributed by atoms with van der Waals surface area (Å²) in [6, 6.07) is 3.96. The predicted octanol–water partition coefficient (Wildman–Crippen LogP) is 2.59. The maximum atomic E-state index is 5.76. The molecular formula is C7H4ClIN2. The lowest BCUT2D eigenvalue weighted by Gasteiger charge is -1.94. The minimum Gasteiger partial charge on any atom is -0.295 e. The molecule has 0 radical (unpaired) electrons. The van der Waals surface area contributed by atoms with Crippen molar-refractivity contribution < 1.29 is 0 Å². The zero-order chi connectivity index (χ0) is 7.84. The van der Waals surface area contributed by atoms with Gasteiger partial charge in [0.2, 0.25) is 0 Å². The van der Waals surface area contributed by atoms with Gasteiger partial charge in [0, 0.05) is 12.4 Å². The lowest BCUT2D eigenvalue weighted by molar-refractivity contribution is 1.10. The number of nitrogens with zero attached hydrogens (tertiary/aromatic N) is 2. The molecule has 0 amide bonds. The quantitative estimate of drug-likeness (QED) is 0.677. The van der Waals surface area contributed by atoms with Gasteiger partial charge in [0.15, 0.2) is 0 Å². The highest BCUT2D eigenvalue weighted by atomic mass is 127. The summed E-state index contributed by atoms with van der Waals surface area (Å²) in [4.78, 5) is 4.13. The molecule has 0 spiro atoms. The van der Waals surface area contributed by atoms with Gasteiger partial charge in [0.1, 0.15) is 5.65 Å². The van der Waals surface area contributed by atoms with E-state index in [1.807, 2.05) is 22.7 Å². The van der Waals surface area contributed by atoms with E-state index < -0.39 is 0 Å². The molecule has 4 heteroatoms. The molecule has 2 heterocycles. The second-order valence-corrected chi connectivity index (χ2v) is 3.70. The SMILES string of the molecule is Clc1cnc2ccc(I)n2c1. The van der Waals surface area contributed by atoms with Gasteiger partial charge in [-0.3, -0.25) is 4.40 Å². The lowest BCUT2D eigenvalue weighted by atomic mass is 10.6. The zero-order valence-electron chi connectivity index (χ0n) is 5.46. The number of rotatable bonds is 0. The fourth-order valence-electron chi connectivity index (χ4n) is 0.931. The summed E-state index contributed by atoms with van der Waals surface area (Å²) in [5, 5.41) is 0.659. The summed E-state index contributed by atoms with van der Waals surface area (Å²) < 4.78 is 3.07. The third kappa shape index (κ3) is 1.22. The predicted molar refractivity (Wildman–Crippen MR) is 52.9 cm³/mol. The Labute approximate surface area is 82.3 Å². The fraction of sp³-hybridized carbons (Fsp3) is 0. The smallest absolute Gasteiger partial charge is 0.137 e. The van der Waals surface area contributed by atoms with Crippen molar-refractivity contribution in [2.45, 2.75) is 0 Å². The molecule has 0 atom stereocenters. The van der Waals surface area contributed by atoms with E-state index in [2.05, 4.69) is 27.6 Å². The van der Waals surface area contributed by atoms with Crippen molar-refractivity contribution in [1.29, 1.82) is 0 Å². The first-order valence-electron chi connectivity index (χ1n) is 3.05. The van der Waals surface area contributed by atoms with Gasteiger partial charge >= 0.3 is 0 Å². The van der Waals surface area contributed by atoms with Crippen LogP contribution in [0.25, 0.3) is 5.65 Å².